The van der Waals surface area contributed by atoms with Crippen LogP contribution in [0.2, 0.25) is 10.0 Å². The van der Waals surface area contributed by atoms with Crippen LogP contribution in [0.4, 0.5) is 0 Å². The van der Waals surface area contributed by atoms with Gasteiger partial charge in [0.2, 0.25) is 5.91 Å². The lowest BCUT2D eigenvalue weighted by molar-refractivity contribution is -0.129. The van der Waals surface area contributed by atoms with Crippen LogP contribution in [0.5, 0.6) is 0 Å². The highest BCUT2D eigenvalue weighted by molar-refractivity contribution is 7.13. The molecule has 0 spiro atoms. The molecule has 0 aliphatic carbocycles. The van der Waals surface area contributed by atoms with Crippen LogP contribution in [0.25, 0.3) is 10.7 Å². The van der Waals surface area contributed by atoms with Gasteiger partial charge in [0, 0.05) is 35.2 Å². The lowest BCUT2D eigenvalue weighted by atomic mass is 10.2. The minimum Gasteiger partial charge on any atom is -0.341 e. The highest BCUT2D eigenvalue weighted by atomic mass is 35.5. The largest absolute Gasteiger partial charge is 0.341 e. The zero-order valence-corrected chi connectivity index (χ0v) is 15.8. The Kier molecular flexibility index (Phi) is 5.68. The summed E-state index contributed by atoms with van der Waals surface area (Å²) in [5.41, 5.74) is 2.41. The van der Waals surface area contributed by atoms with Crippen molar-refractivity contribution in [3.8, 4) is 10.7 Å². The molecule has 1 aromatic carbocycles. The fraction of sp³-hybridized carbons (Fsp3) is 0.167. The van der Waals surface area contributed by atoms with Crippen molar-refractivity contribution in [1.29, 1.82) is 0 Å². The minimum absolute atomic E-state index is 0.0242. The molecule has 0 fully saturated rings. The Labute approximate surface area is 160 Å². The highest BCUT2D eigenvalue weighted by Gasteiger charge is 2.14. The van der Waals surface area contributed by atoms with Crippen molar-refractivity contribution in [3.05, 3.63) is 69.3 Å². The number of hydrogen-bond donors (Lipinski definition) is 0. The van der Waals surface area contributed by atoms with Crippen molar-refractivity contribution in [2.45, 2.75) is 13.0 Å². The molecule has 3 rings (SSSR count). The first-order valence-corrected chi connectivity index (χ1v) is 9.20. The number of thiazole rings is 1. The average molecular weight is 392 g/mol. The van der Waals surface area contributed by atoms with Gasteiger partial charge in [0.1, 0.15) is 5.01 Å². The van der Waals surface area contributed by atoms with Crippen molar-refractivity contribution < 1.29 is 4.79 Å². The Balaban J connectivity index is 1.65. The summed E-state index contributed by atoms with van der Waals surface area (Å²) < 4.78 is 0. The smallest absolute Gasteiger partial charge is 0.228 e. The molecule has 7 heteroatoms. The zero-order valence-electron chi connectivity index (χ0n) is 13.4. The number of likely N-dealkylation sites (N-methyl/N-ethyl adjacent to an activating group) is 1. The molecule has 1 amide bonds. The normalized spacial score (nSPS) is 10.7. The predicted molar refractivity (Wildman–Crippen MR) is 102 cm³/mol. The lowest BCUT2D eigenvalue weighted by Gasteiger charge is -2.17. The highest BCUT2D eigenvalue weighted by Crippen LogP contribution is 2.23. The van der Waals surface area contributed by atoms with Gasteiger partial charge in [-0.3, -0.25) is 9.78 Å². The Bertz CT molecular complexity index is 883. The molecule has 0 aliphatic heterocycles. The number of aromatic nitrogens is 2. The van der Waals surface area contributed by atoms with Crippen LogP contribution in [0.15, 0.2) is 48.0 Å². The first-order valence-electron chi connectivity index (χ1n) is 7.56. The Hall–Kier alpha value is -1.95. The number of nitrogens with zero attached hydrogens (tertiary/aromatic N) is 3. The third-order valence-electron chi connectivity index (χ3n) is 3.62. The lowest BCUT2D eigenvalue weighted by Crippen LogP contribution is -2.27. The van der Waals surface area contributed by atoms with E-state index in [4.69, 9.17) is 23.2 Å². The van der Waals surface area contributed by atoms with E-state index in [1.165, 1.54) is 11.3 Å². The molecular formula is C18H15Cl2N3OS. The summed E-state index contributed by atoms with van der Waals surface area (Å²) in [6, 6.07) is 10.9. The fourth-order valence-corrected chi connectivity index (χ4v) is 3.54. The van der Waals surface area contributed by atoms with Crippen LogP contribution in [-0.4, -0.2) is 27.8 Å². The van der Waals surface area contributed by atoms with E-state index in [1.807, 2.05) is 29.6 Å². The molecule has 0 saturated carbocycles. The van der Waals surface area contributed by atoms with Gasteiger partial charge >= 0.3 is 0 Å². The first-order chi connectivity index (χ1) is 12.0. The van der Waals surface area contributed by atoms with Crippen molar-refractivity contribution in [2.24, 2.45) is 0 Å². The van der Waals surface area contributed by atoms with Gasteiger partial charge in [0.25, 0.3) is 0 Å². The molecule has 3 aromatic rings. The molecule has 0 N–H and O–H groups in total. The van der Waals surface area contributed by atoms with Crippen LogP contribution in [0.3, 0.4) is 0 Å². The van der Waals surface area contributed by atoms with Gasteiger partial charge in [0.05, 0.1) is 17.8 Å². The summed E-state index contributed by atoms with van der Waals surface area (Å²) in [5, 5.41) is 3.84. The number of rotatable bonds is 5. The second kappa shape index (κ2) is 7.95. The SMILES string of the molecule is CN(Cc1ccc(Cl)cc1Cl)C(=O)Cc1csc(-c2ccccn2)n1. The third kappa shape index (κ3) is 4.57. The van der Waals surface area contributed by atoms with Gasteiger partial charge in [-0.1, -0.05) is 35.3 Å². The van der Waals surface area contributed by atoms with Crippen molar-refractivity contribution in [2.75, 3.05) is 7.05 Å². The van der Waals surface area contributed by atoms with E-state index in [9.17, 15) is 4.79 Å². The molecular weight excluding hydrogens is 377 g/mol. The Morgan fingerprint density at radius 1 is 1.24 bits per heavy atom. The van der Waals surface area contributed by atoms with Gasteiger partial charge in [0.15, 0.2) is 0 Å². The number of halogens is 2. The number of amides is 1. The number of carbonyl (C=O) groups excluding carboxylic acids is 1. The zero-order chi connectivity index (χ0) is 17.8. The number of pyridine rings is 1. The van der Waals surface area contributed by atoms with Gasteiger partial charge in [-0.15, -0.1) is 11.3 Å². The van der Waals surface area contributed by atoms with Crippen LogP contribution in [-0.2, 0) is 17.8 Å². The summed E-state index contributed by atoms with van der Waals surface area (Å²) in [7, 11) is 1.75. The second-order valence-electron chi connectivity index (χ2n) is 5.52. The van der Waals surface area contributed by atoms with Crippen LogP contribution < -0.4 is 0 Å². The molecule has 25 heavy (non-hydrogen) atoms. The number of carbonyl (C=O) groups is 1. The monoisotopic (exact) mass is 391 g/mol. The maximum Gasteiger partial charge on any atom is 0.228 e. The van der Waals surface area contributed by atoms with Crippen molar-refractivity contribution in [3.63, 3.8) is 0 Å². The van der Waals surface area contributed by atoms with Crippen molar-refractivity contribution >= 4 is 40.4 Å². The molecule has 0 bridgehead atoms. The summed E-state index contributed by atoms with van der Waals surface area (Å²) >= 11 is 13.6. The summed E-state index contributed by atoms with van der Waals surface area (Å²) in [4.78, 5) is 22.9. The third-order valence-corrected chi connectivity index (χ3v) is 5.12. The molecule has 0 atom stereocenters. The van der Waals surface area contributed by atoms with Crippen LogP contribution in [0.1, 0.15) is 11.3 Å². The Morgan fingerprint density at radius 2 is 2.08 bits per heavy atom. The molecule has 128 valence electrons. The number of hydrogen-bond acceptors (Lipinski definition) is 4. The van der Waals surface area contributed by atoms with Gasteiger partial charge in [-0.25, -0.2) is 4.98 Å². The van der Waals surface area contributed by atoms with Gasteiger partial charge in [-0.05, 0) is 29.8 Å². The molecule has 0 unspecified atom stereocenters. The number of benzene rings is 1. The Morgan fingerprint density at radius 3 is 2.80 bits per heavy atom. The van der Waals surface area contributed by atoms with E-state index in [0.717, 1.165) is 22.0 Å². The molecule has 0 saturated heterocycles. The summed E-state index contributed by atoms with van der Waals surface area (Å²) in [5.74, 6) is -0.0242. The average Bonchev–Trinajstić information content (AvgIpc) is 3.06. The van der Waals surface area contributed by atoms with Gasteiger partial charge < -0.3 is 4.90 Å². The molecule has 4 nitrogen and oxygen atoms in total. The second-order valence-corrected chi connectivity index (χ2v) is 7.22. The van der Waals surface area contributed by atoms with Crippen molar-refractivity contribution in [1.82, 2.24) is 14.9 Å². The quantitative estimate of drug-likeness (QED) is 0.632. The van der Waals surface area contributed by atoms with Gasteiger partial charge in [-0.2, -0.15) is 0 Å². The standard InChI is InChI=1S/C18H15Cl2N3OS/c1-23(10-12-5-6-13(19)8-15(12)20)17(24)9-14-11-25-18(22-14)16-4-2-3-7-21-16/h2-8,11H,9-10H2,1H3. The maximum absolute atomic E-state index is 12.4. The van der Waals surface area contributed by atoms with Crippen LogP contribution >= 0.6 is 34.5 Å². The fourth-order valence-electron chi connectivity index (χ4n) is 2.28. The van der Waals surface area contributed by atoms with E-state index in [1.54, 1.807) is 30.3 Å². The van der Waals surface area contributed by atoms with E-state index < -0.39 is 0 Å². The molecule has 0 radical (unpaired) electrons. The van der Waals surface area contributed by atoms with E-state index >= 15 is 0 Å². The van der Waals surface area contributed by atoms with E-state index in [-0.39, 0.29) is 12.3 Å². The maximum atomic E-state index is 12.4. The van der Waals surface area contributed by atoms with E-state index in [2.05, 4.69) is 9.97 Å². The molecule has 0 aliphatic rings. The summed E-state index contributed by atoms with van der Waals surface area (Å²) in [6.45, 7) is 0.423. The van der Waals surface area contributed by atoms with Crippen LogP contribution in [0, 0.1) is 0 Å². The van der Waals surface area contributed by atoms with E-state index in [0.29, 0.717) is 16.6 Å². The minimum atomic E-state index is -0.0242. The first kappa shape index (κ1) is 17.9. The predicted octanol–water partition coefficient (Wildman–Crippen LogP) is 4.71. The molecule has 2 aromatic heterocycles. The summed E-state index contributed by atoms with van der Waals surface area (Å²) in [6.07, 6.45) is 1.97. The topological polar surface area (TPSA) is 46.1 Å². The molecule has 2 heterocycles.